The maximum atomic E-state index is 12.7. The lowest BCUT2D eigenvalue weighted by Crippen LogP contribution is -2.40. The molecule has 1 aromatic rings. The van der Waals surface area contributed by atoms with Crippen LogP contribution in [0.5, 0.6) is 17.2 Å². The van der Waals surface area contributed by atoms with Crippen LogP contribution in [0.3, 0.4) is 0 Å². The molecular weight excluding hydrogens is 485 g/mol. The first-order valence-corrected chi connectivity index (χ1v) is 9.03. The maximum absolute atomic E-state index is 12.7. The minimum absolute atomic E-state index is 0. The van der Waals surface area contributed by atoms with Crippen molar-refractivity contribution < 1.29 is 23.0 Å². The summed E-state index contributed by atoms with van der Waals surface area (Å²) >= 11 is 0. The first-order chi connectivity index (χ1) is 13.0. The lowest BCUT2D eigenvalue weighted by Gasteiger charge is -2.18. The van der Waals surface area contributed by atoms with Gasteiger partial charge in [0.2, 0.25) is 6.79 Å². The number of fused-ring (bicyclic) bond motifs is 1. The van der Waals surface area contributed by atoms with E-state index in [1.54, 1.807) is 13.1 Å². The van der Waals surface area contributed by atoms with Gasteiger partial charge in [-0.15, -0.1) is 24.0 Å². The highest BCUT2D eigenvalue weighted by Crippen LogP contribution is 2.38. The zero-order valence-corrected chi connectivity index (χ0v) is 18.8. The van der Waals surface area contributed by atoms with Crippen LogP contribution < -0.4 is 24.8 Å². The molecule has 1 heterocycles. The first kappa shape index (κ1) is 24.5. The molecule has 0 spiro atoms. The fourth-order valence-corrected chi connectivity index (χ4v) is 2.61. The van der Waals surface area contributed by atoms with E-state index in [0.717, 1.165) is 19.6 Å². The number of hydrogen-bond acceptors (Lipinski definition) is 5. The SMILES string of the molecule is CCCCN(C)CCNC(=NC)NCc1cc2c(cc1OC(F)F)OCO2.I. The van der Waals surface area contributed by atoms with Crippen molar-refractivity contribution in [1.29, 1.82) is 0 Å². The molecule has 2 N–H and O–H groups in total. The summed E-state index contributed by atoms with van der Waals surface area (Å²) in [6.07, 6.45) is 2.33. The lowest BCUT2D eigenvalue weighted by atomic mass is 10.1. The number of rotatable bonds is 10. The number of likely N-dealkylation sites (N-methyl/N-ethyl adjacent to an activating group) is 1. The average Bonchev–Trinajstić information content (AvgIpc) is 3.09. The van der Waals surface area contributed by atoms with Crippen LogP contribution in [0.4, 0.5) is 8.78 Å². The number of unbranched alkanes of at least 4 members (excludes halogenated alkanes) is 1. The van der Waals surface area contributed by atoms with Crippen LogP contribution in [-0.2, 0) is 6.54 Å². The lowest BCUT2D eigenvalue weighted by molar-refractivity contribution is -0.0505. The molecule has 0 unspecified atom stereocenters. The van der Waals surface area contributed by atoms with Crippen LogP contribution in [0.2, 0.25) is 0 Å². The Morgan fingerprint density at radius 1 is 1.25 bits per heavy atom. The van der Waals surface area contributed by atoms with Crippen LogP contribution in [0.1, 0.15) is 25.3 Å². The first-order valence-electron chi connectivity index (χ1n) is 9.03. The van der Waals surface area contributed by atoms with Gasteiger partial charge in [0.25, 0.3) is 0 Å². The average molecular weight is 514 g/mol. The molecule has 0 saturated carbocycles. The van der Waals surface area contributed by atoms with E-state index >= 15 is 0 Å². The van der Waals surface area contributed by atoms with Crippen LogP contribution in [0, 0.1) is 0 Å². The number of nitrogens with zero attached hydrogens (tertiary/aromatic N) is 2. The monoisotopic (exact) mass is 514 g/mol. The number of halogens is 3. The van der Waals surface area contributed by atoms with E-state index in [4.69, 9.17) is 9.47 Å². The quantitative estimate of drug-likeness (QED) is 0.285. The normalized spacial score (nSPS) is 12.9. The Morgan fingerprint density at radius 2 is 1.96 bits per heavy atom. The number of alkyl halides is 2. The second-order valence-corrected chi connectivity index (χ2v) is 6.20. The number of ether oxygens (including phenoxy) is 3. The van der Waals surface area contributed by atoms with Crippen LogP contribution in [0.25, 0.3) is 0 Å². The minimum Gasteiger partial charge on any atom is -0.454 e. The van der Waals surface area contributed by atoms with E-state index in [2.05, 4.69) is 39.2 Å². The van der Waals surface area contributed by atoms with Gasteiger partial charge in [0.05, 0.1) is 0 Å². The van der Waals surface area contributed by atoms with Crippen LogP contribution >= 0.6 is 24.0 Å². The van der Waals surface area contributed by atoms with Gasteiger partial charge < -0.3 is 29.7 Å². The van der Waals surface area contributed by atoms with E-state index in [9.17, 15) is 8.78 Å². The molecule has 28 heavy (non-hydrogen) atoms. The number of hydrogen-bond donors (Lipinski definition) is 2. The fourth-order valence-electron chi connectivity index (χ4n) is 2.61. The summed E-state index contributed by atoms with van der Waals surface area (Å²) < 4.78 is 40.5. The predicted molar refractivity (Wildman–Crippen MR) is 115 cm³/mol. The highest BCUT2D eigenvalue weighted by molar-refractivity contribution is 14.0. The van der Waals surface area contributed by atoms with Crippen molar-refractivity contribution >= 4 is 29.9 Å². The van der Waals surface area contributed by atoms with Crippen LogP contribution in [-0.4, -0.2) is 58.0 Å². The zero-order chi connectivity index (χ0) is 19.6. The third-order valence-electron chi connectivity index (χ3n) is 4.12. The Labute approximate surface area is 181 Å². The van der Waals surface area contributed by atoms with Gasteiger partial charge in [0, 0.05) is 38.3 Å². The number of aliphatic imine (C=N–C) groups is 1. The standard InChI is InChI=1S/C18H28F2N4O3.HI/c1-4-5-7-24(3)8-6-22-18(21-2)23-11-13-9-15-16(26-12-25-15)10-14(13)27-17(19)20;/h9-10,17H,4-8,11-12H2,1-3H3,(H2,21,22,23);1H. The third kappa shape index (κ3) is 7.82. The summed E-state index contributed by atoms with van der Waals surface area (Å²) in [5.74, 6) is 1.54. The van der Waals surface area contributed by atoms with E-state index in [-0.39, 0.29) is 43.1 Å². The van der Waals surface area contributed by atoms with Crippen molar-refractivity contribution in [3.05, 3.63) is 17.7 Å². The highest BCUT2D eigenvalue weighted by atomic mass is 127. The van der Waals surface area contributed by atoms with Crippen molar-refractivity contribution in [2.75, 3.05) is 40.5 Å². The summed E-state index contributed by atoms with van der Waals surface area (Å²) in [6, 6.07) is 3.06. The van der Waals surface area contributed by atoms with Gasteiger partial charge in [-0.2, -0.15) is 8.78 Å². The van der Waals surface area contributed by atoms with Crippen molar-refractivity contribution in [2.45, 2.75) is 32.9 Å². The predicted octanol–water partition coefficient (Wildman–Crippen LogP) is 3.03. The zero-order valence-electron chi connectivity index (χ0n) is 16.5. The summed E-state index contributed by atoms with van der Waals surface area (Å²) in [6.45, 7) is 2.22. The molecule has 1 aliphatic heterocycles. The van der Waals surface area contributed by atoms with Crippen molar-refractivity contribution in [3.8, 4) is 17.2 Å². The van der Waals surface area contributed by atoms with E-state index in [1.807, 2.05) is 0 Å². The molecule has 2 rings (SSSR count). The van der Waals surface area contributed by atoms with Gasteiger partial charge in [-0.05, 0) is 26.1 Å². The molecule has 160 valence electrons. The Kier molecular flexibility index (Phi) is 11.2. The summed E-state index contributed by atoms with van der Waals surface area (Å²) in [4.78, 5) is 6.40. The second-order valence-electron chi connectivity index (χ2n) is 6.20. The minimum atomic E-state index is -2.92. The van der Waals surface area contributed by atoms with Crippen molar-refractivity contribution in [3.63, 3.8) is 0 Å². The number of guanidine groups is 1. The molecule has 0 bridgehead atoms. The van der Waals surface area contributed by atoms with Crippen molar-refractivity contribution in [2.24, 2.45) is 4.99 Å². The van der Waals surface area contributed by atoms with Gasteiger partial charge >= 0.3 is 6.61 Å². The molecule has 0 aliphatic carbocycles. The summed E-state index contributed by atoms with van der Waals surface area (Å²) in [5.41, 5.74) is 0.530. The molecular formula is C18H29F2IN4O3. The molecule has 7 nitrogen and oxygen atoms in total. The molecule has 1 aliphatic rings. The Balaban J connectivity index is 0.00000392. The Hall–Kier alpha value is -1.56. The number of nitrogens with one attached hydrogen (secondary N) is 2. The van der Waals surface area contributed by atoms with Crippen molar-refractivity contribution in [1.82, 2.24) is 15.5 Å². The van der Waals surface area contributed by atoms with E-state index in [0.29, 0.717) is 23.0 Å². The van der Waals surface area contributed by atoms with E-state index < -0.39 is 6.61 Å². The van der Waals surface area contributed by atoms with Gasteiger partial charge in [0.15, 0.2) is 17.5 Å². The topological polar surface area (TPSA) is 67.4 Å². The molecule has 0 radical (unpaired) electrons. The molecule has 0 aromatic heterocycles. The highest BCUT2D eigenvalue weighted by Gasteiger charge is 2.20. The van der Waals surface area contributed by atoms with Gasteiger partial charge in [-0.25, -0.2) is 0 Å². The van der Waals surface area contributed by atoms with Gasteiger partial charge in [-0.3, -0.25) is 4.99 Å². The molecule has 0 atom stereocenters. The molecule has 10 heteroatoms. The van der Waals surface area contributed by atoms with Gasteiger partial charge in [-0.1, -0.05) is 13.3 Å². The summed E-state index contributed by atoms with van der Waals surface area (Å²) in [5, 5.41) is 6.32. The molecule has 0 saturated heterocycles. The maximum Gasteiger partial charge on any atom is 0.387 e. The largest absolute Gasteiger partial charge is 0.454 e. The fraction of sp³-hybridized carbons (Fsp3) is 0.611. The third-order valence-corrected chi connectivity index (χ3v) is 4.12. The van der Waals surface area contributed by atoms with Crippen LogP contribution in [0.15, 0.2) is 17.1 Å². The number of benzene rings is 1. The Morgan fingerprint density at radius 3 is 2.61 bits per heavy atom. The van der Waals surface area contributed by atoms with Gasteiger partial charge in [0.1, 0.15) is 5.75 Å². The molecule has 0 fully saturated rings. The summed E-state index contributed by atoms with van der Waals surface area (Å²) in [7, 11) is 3.74. The Bertz CT molecular complexity index is 635. The molecule has 1 aromatic carbocycles. The smallest absolute Gasteiger partial charge is 0.387 e. The second kappa shape index (κ2) is 12.8. The molecule has 0 amide bonds. The van der Waals surface area contributed by atoms with E-state index in [1.165, 1.54) is 18.9 Å².